The molecule has 0 bridgehead atoms. The fraction of sp³-hybridized carbons (Fsp3) is 0.304. The summed E-state index contributed by atoms with van der Waals surface area (Å²) in [6, 6.07) is 21.4. The van der Waals surface area contributed by atoms with Crippen molar-refractivity contribution in [2.24, 2.45) is 0 Å². The number of ether oxygens (including phenoxy) is 1. The Morgan fingerprint density at radius 2 is 1.61 bits per heavy atom. The Morgan fingerprint density at radius 1 is 1.04 bits per heavy atom. The van der Waals surface area contributed by atoms with E-state index in [0.29, 0.717) is 13.0 Å². The van der Waals surface area contributed by atoms with E-state index in [1.807, 2.05) is 85.3 Å². The third-order valence-electron chi connectivity index (χ3n) is 5.89. The number of esters is 1. The van der Waals surface area contributed by atoms with Gasteiger partial charge in [-0.3, -0.25) is 9.48 Å². The van der Waals surface area contributed by atoms with Crippen LogP contribution in [0, 0.1) is 6.92 Å². The van der Waals surface area contributed by atoms with Gasteiger partial charge in [-0.05, 0) is 30.5 Å². The van der Waals surface area contributed by atoms with Crippen LogP contribution in [0.4, 0.5) is 0 Å². The Morgan fingerprint density at radius 3 is 2.07 bits per heavy atom. The third-order valence-corrected chi connectivity index (χ3v) is 6.68. The minimum Gasteiger partial charge on any atom is -0.457 e. The molecule has 0 amide bonds. The maximum absolute atomic E-state index is 13.6. The van der Waals surface area contributed by atoms with Gasteiger partial charge < -0.3 is 4.74 Å². The van der Waals surface area contributed by atoms with E-state index in [0.717, 1.165) is 16.8 Å². The number of nitrogens with zero attached hydrogens (tertiary/aromatic N) is 2. The van der Waals surface area contributed by atoms with Crippen LogP contribution in [0.2, 0.25) is 0 Å². The van der Waals surface area contributed by atoms with Crippen LogP contribution in [0.15, 0.2) is 72.9 Å². The van der Waals surface area contributed by atoms with Gasteiger partial charge in [0, 0.05) is 11.9 Å². The summed E-state index contributed by atoms with van der Waals surface area (Å²) >= 11 is 7.39. The van der Waals surface area contributed by atoms with Gasteiger partial charge in [-0.1, -0.05) is 67.6 Å². The van der Waals surface area contributed by atoms with E-state index >= 15 is 0 Å². The number of hydrogen-bond acceptors (Lipinski definition) is 3. The molecular formula is C23H23ClN2O2. The maximum Gasteiger partial charge on any atom is 0.323 e. The molecule has 2 heterocycles. The molecule has 28 heavy (non-hydrogen) atoms. The smallest absolute Gasteiger partial charge is 0.323 e. The lowest BCUT2D eigenvalue weighted by Gasteiger charge is -2.40. The Bertz CT molecular complexity index is 931. The van der Waals surface area contributed by atoms with Gasteiger partial charge in [-0.15, -0.1) is 11.6 Å². The highest BCUT2D eigenvalue weighted by Crippen LogP contribution is 2.55. The van der Waals surface area contributed by atoms with Crippen LogP contribution in [0.25, 0.3) is 0 Å². The number of carbonyl (C=O) groups excluding carboxylic acids is 1. The number of carbonyl (C=O) groups is 1. The van der Waals surface area contributed by atoms with Crippen molar-refractivity contribution in [2.45, 2.75) is 43.2 Å². The summed E-state index contributed by atoms with van der Waals surface area (Å²) in [5.74, 6) is -0.309. The highest BCUT2D eigenvalue weighted by Gasteiger charge is 2.68. The largest absolute Gasteiger partial charge is 0.457 e. The number of hydrogen-bond donors (Lipinski definition) is 0. The fourth-order valence-corrected chi connectivity index (χ4v) is 4.81. The predicted molar refractivity (Wildman–Crippen MR) is 109 cm³/mol. The van der Waals surface area contributed by atoms with Crippen molar-refractivity contribution >= 4 is 17.6 Å². The number of halogens is 1. The molecule has 0 aliphatic carbocycles. The lowest BCUT2D eigenvalue weighted by Crippen LogP contribution is -2.53. The van der Waals surface area contributed by atoms with E-state index < -0.39 is 16.4 Å². The molecule has 4 rings (SSSR count). The van der Waals surface area contributed by atoms with Crippen LogP contribution in [-0.2, 0) is 21.5 Å². The van der Waals surface area contributed by atoms with E-state index in [1.54, 1.807) is 6.20 Å². The summed E-state index contributed by atoms with van der Waals surface area (Å²) in [6.07, 6.45) is 1.80. The van der Waals surface area contributed by atoms with Crippen LogP contribution in [0.3, 0.4) is 0 Å². The normalized spacial score (nSPS) is 23.5. The molecule has 2 aromatic carbocycles. The molecule has 1 saturated heterocycles. The van der Waals surface area contributed by atoms with E-state index in [1.165, 1.54) is 0 Å². The Hall–Kier alpha value is -2.59. The maximum atomic E-state index is 13.6. The van der Waals surface area contributed by atoms with Gasteiger partial charge in [-0.2, -0.15) is 5.10 Å². The zero-order valence-corrected chi connectivity index (χ0v) is 16.8. The number of rotatable bonds is 5. The van der Waals surface area contributed by atoms with Gasteiger partial charge in [0.05, 0.1) is 6.54 Å². The highest BCUT2D eigenvalue weighted by molar-refractivity contribution is 6.29. The minimum absolute atomic E-state index is 0.309. The molecule has 3 aromatic rings. The highest BCUT2D eigenvalue weighted by atomic mass is 35.5. The second-order valence-corrected chi connectivity index (χ2v) is 7.92. The number of cyclic esters (lactones) is 1. The van der Waals surface area contributed by atoms with Gasteiger partial charge >= 0.3 is 5.97 Å². The summed E-state index contributed by atoms with van der Waals surface area (Å²) in [5, 5.41) is 4.36. The van der Waals surface area contributed by atoms with E-state index in [2.05, 4.69) is 5.10 Å². The first kappa shape index (κ1) is 18.8. The molecule has 1 aliphatic heterocycles. The quantitative estimate of drug-likeness (QED) is 0.473. The summed E-state index contributed by atoms with van der Waals surface area (Å²) in [7, 11) is 0. The first-order valence-corrected chi connectivity index (χ1v) is 9.91. The zero-order valence-electron chi connectivity index (χ0n) is 16.0. The fourth-order valence-electron chi connectivity index (χ4n) is 4.40. The molecule has 0 N–H and O–H groups in total. The van der Waals surface area contributed by atoms with Crippen molar-refractivity contribution in [1.29, 1.82) is 0 Å². The van der Waals surface area contributed by atoms with Crippen molar-refractivity contribution < 1.29 is 9.53 Å². The van der Waals surface area contributed by atoms with Gasteiger partial charge in [0.25, 0.3) is 0 Å². The molecule has 1 aliphatic rings. The first-order valence-electron chi connectivity index (χ1n) is 9.53. The molecule has 2 unspecified atom stereocenters. The minimum atomic E-state index is -1.09. The average molecular weight is 395 g/mol. The summed E-state index contributed by atoms with van der Waals surface area (Å²) in [4.78, 5) is 12.6. The number of benzene rings is 2. The second kappa shape index (κ2) is 7.10. The average Bonchev–Trinajstić information content (AvgIpc) is 3.23. The molecule has 5 heteroatoms. The monoisotopic (exact) mass is 394 g/mol. The molecule has 4 nitrogen and oxygen atoms in total. The van der Waals surface area contributed by atoms with Gasteiger partial charge in [-0.25, -0.2) is 0 Å². The zero-order chi connectivity index (χ0) is 19.8. The standard InChI is InChI=1S/C23H23ClN2O2/c1-3-22(24)20(16-26-17(2)14-15-25-26)28-21(27)23(22,18-10-6-4-7-11-18)19-12-8-5-9-13-19/h4-15,20H,3,16H2,1-2H3. The van der Waals surface area contributed by atoms with Crippen molar-refractivity contribution in [3.8, 4) is 0 Å². The summed E-state index contributed by atoms with van der Waals surface area (Å²) in [5.41, 5.74) is 1.62. The van der Waals surface area contributed by atoms with Crippen LogP contribution in [0.5, 0.6) is 0 Å². The van der Waals surface area contributed by atoms with Crippen molar-refractivity contribution in [2.75, 3.05) is 0 Å². The van der Waals surface area contributed by atoms with Crippen LogP contribution >= 0.6 is 11.6 Å². The number of aromatic nitrogens is 2. The Balaban J connectivity index is 1.92. The van der Waals surface area contributed by atoms with Crippen LogP contribution in [0.1, 0.15) is 30.2 Å². The lowest BCUT2D eigenvalue weighted by molar-refractivity contribution is -0.145. The van der Waals surface area contributed by atoms with Crippen LogP contribution < -0.4 is 0 Å². The molecule has 1 aromatic heterocycles. The van der Waals surface area contributed by atoms with Gasteiger partial charge in [0.2, 0.25) is 0 Å². The van der Waals surface area contributed by atoms with Crippen LogP contribution in [-0.4, -0.2) is 26.7 Å². The van der Waals surface area contributed by atoms with Crippen molar-refractivity contribution in [3.63, 3.8) is 0 Å². The van der Waals surface area contributed by atoms with E-state index in [9.17, 15) is 4.79 Å². The van der Waals surface area contributed by atoms with Gasteiger partial charge in [0.1, 0.15) is 16.4 Å². The number of alkyl halides is 1. The predicted octanol–water partition coefficient (Wildman–Crippen LogP) is 4.49. The van der Waals surface area contributed by atoms with E-state index in [4.69, 9.17) is 16.3 Å². The van der Waals surface area contributed by atoms with Crippen molar-refractivity contribution in [3.05, 3.63) is 89.7 Å². The Labute approximate surface area is 170 Å². The number of aryl methyl sites for hydroxylation is 1. The molecule has 1 fully saturated rings. The van der Waals surface area contributed by atoms with E-state index in [-0.39, 0.29) is 5.97 Å². The second-order valence-electron chi connectivity index (χ2n) is 7.25. The molecule has 2 atom stereocenters. The molecular weight excluding hydrogens is 372 g/mol. The molecule has 0 radical (unpaired) electrons. The molecule has 144 valence electrons. The molecule has 0 saturated carbocycles. The summed E-state index contributed by atoms with van der Waals surface area (Å²) < 4.78 is 7.83. The third kappa shape index (κ3) is 2.59. The lowest BCUT2D eigenvalue weighted by atomic mass is 9.64. The molecule has 0 spiro atoms. The first-order chi connectivity index (χ1) is 13.5. The van der Waals surface area contributed by atoms with Gasteiger partial charge in [0.15, 0.2) is 0 Å². The Kier molecular flexibility index (Phi) is 4.76. The van der Waals surface area contributed by atoms with Crippen molar-refractivity contribution in [1.82, 2.24) is 9.78 Å². The summed E-state index contributed by atoms with van der Waals surface area (Å²) in [6.45, 7) is 4.41. The SMILES string of the molecule is CCC1(Cl)C(Cn2nccc2C)OC(=O)C1(c1ccccc1)c1ccccc1. The topological polar surface area (TPSA) is 44.1 Å².